The SMILES string of the molecule is Cc1ncsc1-c1ccc([C@H](C)NC(=O)[C@@H]2C[C@@H](O)CN2C(=O)C(NC(=O)CNCCNc2ccc(-c3ccc(C(=O)NC4C(C)(C)C(Oc5ccc(C#N)c(Cl)c5)C4(C)C)cc3)cn2)C(C)(C)C)cc1. The van der Waals surface area contributed by atoms with Gasteiger partial charge in [-0.2, -0.15) is 5.26 Å². The van der Waals surface area contributed by atoms with Crippen molar-refractivity contribution in [2.24, 2.45) is 16.2 Å². The van der Waals surface area contributed by atoms with Crippen LogP contribution in [0.4, 0.5) is 5.82 Å². The largest absolute Gasteiger partial charge is 0.489 e. The fraction of sp³-hybridized carbons (Fsp3) is 0.426. The van der Waals surface area contributed by atoms with Gasteiger partial charge in [0.2, 0.25) is 17.7 Å². The highest BCUT2D eigenvalue weighted by Gasteiger charge is 2.64. The first-order valence-corrected chi connectivity index (χ1v) is 25.1. The summed E-state index contributed by atoms with van der Waals surface area (Å²) in [6.45, 7) is 18.5. The van der Waals surface area contributed by atoms with Crippen LogP contribution in [0.5, 0.6) is 5.75 Å². The van der Waals surface area contributed by atoms with Crippen molar-refractivity contribution >= 4 is 52.4 Å². The second kappa shape index (κ2) is 21.5. The van der Waals surface area contributed by atoms with Crippen LogP contribution in [-0.2, 0) is 14.4 Å². The molecule has 15 nitrogen and oxygen atoms in total. The highest BCUT2D eigenvalue weighted by Crippen LogP contribution is 2.55. The van der Waals surface area contributed by atoms with Gasteiger partial charge >= 0.3 is 0 Å². The Morgan fingerprint density at radius 2 is 1.61 bits per heavy atom. The summed E-state index contributed by atoms with van der Waals surface area (Å²) in [5.41, 5.74) is 5.92. The third kappa shape index (κ3) is 11.9. The van der Waals surface area contributed by atoms with Gasteiger partial charge in [-0.05, 0) is 72.4 Å². The van der Waals surface area contributed by atoms with Gasteiger partial charge < -0.3 is 41.3 Å². The molecule has 0 radical (unpaired) electrons. The number of aliphatic hydroxyl groups is 1. The van der Waals surface area contributed by atoms with Crippen molar-refractivity contribution in [3.63, 3.8) is 0 Å². The molecule has 4 atom stereocenters. The van der Waals surface area contributed by atoms with Crippen molar-refractivity contribution in [1.29, 1.82) is 5.26 Å². The lowest BCUT2D eigenvalue weighted by Gasteiger charge is -2.63. The quantitative estimate of drug-likeness (QED) is 0.0498. The van der Waals surface area contributed by atoms with E-state index in [0.717, 1.165) is 32.8 Å². The number of ether oxygens (including phenoxy) is 1. The summed E-state index contributed by atoms with van der Waals surface area (Å²) in [5.74, 6) is -0.139. The summed E-state index contributed by atoms with van der Waals surface area (Å²) in [4.78, 5) is 65.9. The van der Waals surface area contributed by atoms with Crippen LogP contribution < -0.4 is 31.3 Å². The van der Waals surface area contributed by atoms with Gasteiger partial charge in [-0.3, -0.25) is 19.2 Å². The molecule has 2 fully saturated rings. The molecule has 1 aliphatic heterocycles. The Kier molecular flexibility index (Phi) is 15.9. The van der Waals surface area contributed by atoms with E-state index >= 15 is 0 Å². The number of carbonyl (C=O) groups excluding carboxylic acids is 4. The monoisotopic (exact) mass is 1000 g/mol. The van der Waals surface area contributed by atoms with E-state index in [9.17, 15) is 29.5 Å². The molecule has 0 bridgehead atoms. The second-order valence-corrected chi connectivity index (χ2v) is 22.1. The molecular weight excluding hydrogens is 938 g/mol. The van der Waals surface area contributed by atoms with E-state index in [1.165, 1.54) is 4.90 Å². The minimum atomic E-state index is -0.948. The number of hydrogen-bond donors (Lipinski definition) is 6. The predicted octanol–water partition coefficient (Wildman–Crippen LogP) is 7.69. The molecule has 17 heteroatoms. The molecule has 6 N–H and O–H groups in total. The topological polar surface area (TPSA) is 211 Å². The molecule has 5 aromatic rings. The molecule has 1 aliphatic carbocycles. The summed E-state index contributed by atoms with van der Waals surface area (Å²) in [6, 6.07) is 23.8. The zero-order chi connectivity index (χ0) is 51.4. The van der Waals surface area contributed by atoms with E-state index in [0.29, 0.717) is 40.8 Å². The van der Waals surface area contributed by atoms with Crippen LogP contribution in [0.25, 0.3) is 21.6 Å². The van der Waals surface area contributed by atoms with Crippen molar-refractivity contribution in [2.45, 2.75) is 105 Å². The number of amides is 4. The van der Waals surface area contributed by atoms with E-state index < -0.39 is 40.3 Å². The molecule has 2 aromatic heterocycles. The number of halogens is 1. The number of nitrogens with zero attached hydrogens (tertiary/aromatic N) is 4. The molecule has 3 aromatic carbocycles. The number of aliphatic hydroxyl groups excluding tert-OH is 1. The van der Waals surface area contributed by atoms with Gasteiger partial charge in [-0.15, -0.1) is 11.3 Å². The summed E-state index contributed by atoms with van der Waals surface area (Å²) in [7, 11) is 0. The highest BCUT2D eigenvalue weighted by molar-refractivity contribution is 7.13. The number of hydrogen-bond acceptors (Lipinski definition) is 12. The zero-order valence-electron chi connectivity index (χ0n) is 41.7. The van der Waals surface area contributed by atoms with E-state index in [2.05, 4.69) is 70.3 Å². The Bertz CT molecular complexity index is 2750. The maximum atomic E-state index is 14.1. The van der Waals surface area contributed by atoms with Gasteiger partial charge in [-0.1, -0.05) is 96.5 Å². The second-order valence-electron chi connectivity index (χ2n) is 20.8. The number of aromatic nitrogens is 2. The number of anilines is 1. The lowest BCUT2D eigenvalue weighted by atomic mass is 9.49. The number of likely N-dealkylation sites (tertiary alicyclic amines) is 1. The van der Waals surface area contributed by atoms with Gasteiger partial charge in [0, 0.05) is 66.3 Å². The predicted molar refractivity (Wildman–Crippen MR) is 277 cm³/mol. The van der Waals surface area contributed by atoms with Crippen LogP contribution in [0.15, 0.2) is 90.6 Å². The van der Waals surface area contributed by atoms with Crippen LogP contribution >= 0.6 is 22.9 Å². The maximum absolute atomic E-state index is 14.1. The summed E-state index contributed by atoms with van der Waals surface area (Å²) >= 11 is 7.82. The number of β-amino-alcohol motifs (C(OH)–C–C–N with tert-alkyl or cyclic N) is 1. The Morgan fingerprint density at radius 1 is 0.930 bits per heavy atom. The summed E-state index contributed by atoms with van der Waals surface area (Å²) in [5, 5.41) is 35.8. The molecule has 374 valence electrons. The summed E-state index contributed by atoms with van der Waals surface area (Å²) < 4.78 is 6.37. The van der Waals surface area contributed by atoms with Gasteiger partial charge in [-0.25, -0.2) is 9.97 Å². The average Bonchev–Trinajstić information content (AvgIpc) is 3.96. The van der Waals surface area contributed by atoms with Crippen molar-refractivity contribution in [3.8, 4) is 33.4 Å². The van der Waals surface area contributed by atoms with E-state index in [4.69, 9.17) is 16.3 Å². The normalized spacial score (nSPS) is 19.9. The number of aryl methyl sites for hydroxylation is 1. The Hall–Kier alpha value is -6.38. The van der Waals surface area contributed by atoms with E-state index in [1.807, 2.05) is 88.7 Å². The number of pyridine rings is 1. The Morgan fingerprint density at radius 3 is 2.21 bits per heavy atom. The molecule has 1 saturated carbocycles. The number of thiazole rings is 1. The van der Waals surface area contributed by atoms with Gasteiger partial charge in [0.1, 0.15) is 35.8 Å². The smallest absolute Gasteiger partial charge is 0.251 e. The van der Waals surface area contributed by atoms with Crippen LogP contribution in [-0.4, -0.2) is 100 Å². The van der Waals surface area contributed by atoms with Crippen molar-refractivity contribution in [2.75, 3.05) is 31.5 Å². The molecule has 7 rings (SSSR count). The fourth-order valence-corrected chi connectivity index (χ4v) is 11.0. The Balaban J connectivity index is 0.847. The summed E-state index contributed by atoms with van der Waals surface area (Å²) in [6.07, 6.45) is 0.748. The lowest BCUT2D eigenvalue weighted by molar-refractivity contribution is -0.164. The van der Waals surface area contributed by atoms with Crippen LogP contribution in [0.3, 0.4) is 0 Å². The van der Waals surface area contributed by atoms with Crippen molar-refractivity contribution in [3.05, 3.63) is 118 Å². The van der Waals surface area contributed by atoms with Crippen LogP contribution in [0.2, 0.25) is 5.02 Å². The molecule has 1 unspecified atom stereocenters. The maximum Gasteiger partial charge on any atom is 0.251 e. The first-order chi connectivity index (χ1) is 33.6. The van der Waals surface area contributed by atoms with Crippen LogP contribution in [0.1, 0.15) is 95.0 Å². The third-order valence-electron chi connectivity index (χ3n) is 13.6. The molecule has 4 amide bonds. The molecule has 0 spiro atoms. The number of benzene rings is 3. The molecule has 71 heavy (non-hydrogen) atoms. The van der Waals surface area contributed by atoms with Gasteiger partial charge in [0.05, 0.1) is 45.4 Å². The molecular formula is C54H64ClN9O6S. The first kappa shape index (κ1) is 52.4. The zero-order valence-corrected chi connectivity index (χ0v) is 43.3. The molecule has 1 saturated heterocycles. The number of nitriles is 1. The van der Waals surface area contributed by atoms with E-state index in [-0.39, 0.29) is 55.4 Å². The van der Waals surface area contributed by atoms with E-state index in [1.54, 1.807) is 47.9 Å². The van der Waals surface area contributed by atoms with Gasteiger partial charge in [0.15, 0.2) is 0 Å². The minimum absolute atomic E-state index is 0.0161. The van der Waals surface area contributed by atoms with Gasteiger partial charge in [0.25, 0.3) is 5.91 Å². The minimum Gasteiger partial charge on any atom is -0.489 e. The number of rotatable bonds is 17. The number of carbonyl (C=O) groups is 4. The van der Waals surface area contributed by atoms with Crippen molar-refractivity contribution in [1.82, 2.24) is 36.1 Å². The third-order valence-corrected chi connectivity index (χ3v) is 14.9. The molecule has 2 aliphatic rings. The van der Waals surface area contributed by atoms with Crippen molar-refractivity contribution < 1.29 is 29.0 Å². The standard InChI is InChI=1S/C54H64ClN9O6S/c1-31(33-10-14-35(15-11-33)45-32(2)60-30-71-45)61-48(68)42-24-39(65)29-64(42)49(69)46(52(3,4)5)62-44(66)28-57-22-23-58-43-21-19-38(27-59-43)34-12-16-36(17-13-34)47(67)63-50-53(6,7)51(54(50,8)9)70-40-20-18-37(26-56)41(55)25-40/h10-21,25,27,30-31,39,42,46,50-51,57,65H,22-24,28-29H2,1-9H3,(H,58,59)(H,61,68)(H,62,66)(H,63,67)/t31-,39+,42-,46?,50?,51?/m0/s1. The Labute approximate surface area is 425 Å². The van der Waals surface area contributed by atoms with Crippen LogP contribution in [0, 0.1) is 34.5 Å². The number of nitrogens with one attached hydrogen (secondary N) is 5. The lowest BCUT2D eigenvalue weighted by Crippen LogP contribution is -2.74. The first-order valence-electron chi connectivity index (χ1n) is 23.9. The fourth-order valence-electron chi connectivity index (χ4n) is 10.0. The molecule has 3 heterocycles. The highest BCUT2D eigenvalue weighted by atomic mass is 35.5. The average molecular weight is 1000 g/mol.